The number of hydrogen-bond donors (Lipinski definition) is 0. The topological polar surface area (TPSA) is 15.7 Å². The van der Waals surface area contributed by atoms with Crippen molar-refractivity contribution in [3.05, 3.63) is 169 Å². The molecule has 234 valence electrons. The number of para-hydroxylation sites is 3. The van der Waals surface area contributed by atoms with Crippen LogP contribution in [0.4, 0.5) is 34.1 Å². The van der Waals surface area contributed by atoms with Gasteiger partial charge in [-0.05, 0) is 95.1 Å². The minimum atomic E-state index is -0.111. The van der Waals surface area contributed by atoms with E-state index in [1.165, 1.54) is 42.4 Å². The molecule has 0 bridgehead atoms. The first kappa shape index (κ1) is 28.2. The molecule has 4 heteroatoms. The molecule has 1 aromatic heterocycles. The average molecular weight is 649 g/mol. The van der Waals surface area contributed by atoms with Crippen molar-refractivity contribution >= 4 is 65.6 Å². The summed E-state index contributed by atoms with van der Waals surface area (Å²) in [5.41, 5.74) is 11.7. The monoisotopic (exact) mass is 648 g/mol. The predicted octanol–water partition coefficient (Wildman–Crippen LogP) is 13.4. The molecule has 0 unspecified atom stereocenters. The number of anilines is 6. The predicted molar refractivity (Wildman–Crippen MR) is 206 cm³/mol. The van der Waals surface area contributed by atoms with Gasteiger partial charge in [-0.2, -0.15) is 0 Å². The van der Waals surface area contributed by atoms with E-state index in [2.05, 4.69) is 175 Å². The Balaban J connectivity index is 1.18. The molecule has 0 radical (unpaired) electrons. The molecule has 0 spiro atoms. The van der Waals surface area contributed by atoms with Gasteiger partial charge in [0.05, 0.1) is 11.4 Å². The van der Waals surface area contributed by atoms with Crippen LogP contribution in [0.2, 0.25) is 0 Å². The minimum Gasteiger partial charge on any atom is -0.453 e. The van der Waals surface area contributed by atoms with Crippen molar-refractivity contribution in [2.75, 3.05) is 9.80 Å². The highest BCUT2D eigenvalue weighted by atomic mass is 32.1. The molecule has 3 nitrogen and oxygen atoms in total. The second-order valence-electron chi connectivity index (χ2n) is 13.4. The summed E-state index contributed by atoms with van der Waals surface area (Å²) in [7, 11) is 0. The largest absolute Gasteiger partial charge is 0.453 e. The fraction of sp³-hybridized carbons (Fsp3) is 0.0667. The molecule has 1 aliphatic carbocycles. The molecule has 0 fully saturated rings. The number of rotatable bonds is 4. The van der Waals surface area contributed by atoms with E-state index in [-0.39, 0.29) is 5.41 Å². The lowest BCUT2D eigenvalue weighted by Gasteiger charge is -2.34. The number of ether oxygens (including phenoxy) is 1. The van der Waals surface area contributed by atoms with Gasteiger partial charge >= 0.3 is 0 Å². The Labute approximate surface area is 289 Å². The first-order valence-electron chi connectivity index (χ1n) is 16.8. The van der Waals surface area contributed by atoms with Gasteiger partial charge in [0.25, 0.3) is 0 Å². The van der Waals surface area contributed by atoms with Crippen LogP contribution in [0, 0.1) is 0 Å². The molecule has 0 saturated heterocycles. The van der Waals surface area contributed by atoms with E-state index in [1.54, 1.807) is 0 Å². The lowest BCUT2D eigenvalue weighted by molar-refractivity contribution is 0.477. The van der Waals surface area contributed by atoms with Gasteiger partial charge in [0, 0.05) is 54.4 Å². The van der Waals surface area contributed by atoms with Crippen LogP contribution < -0.4 is 14.5 Å². The fourth-order valence-electron chi connectivity index (χ4n) is 7.87. The van der Waals surface area contributed by atoms with Gasteiger partial charge in [-0.25, -0.2) is 0 Å². The Morgan fingerprint density at radius 3 is 2.08 bits per heavy atom. The van der Waals surface area contributed by atoms with Gasteiger partial charge < -0.3 is 14.5 Å². The molecular weight excluding hydrogens is 617 g/mol. The Morgan fingerprint density at radius 1 is 0.510 bits per heavy atom. The Kier molecular flexibility index (Phi) is 6.09. The van der Waals surface area contributed by atoms with E-state index in [0.29, 0.717) is 0 Å². The summed E-state index contributed by atoms with van der Waals surface area (Å²) in [4.78, 5) is 4.68. The standard InChI is InChI=1S/C45H32N2OS/c1-45(2)37-16-8-6-14-33(37)34-23-20-31(27-38(34)45)46(30-22-25-44-36(26-30)35-15-7-11-19-43(35)49-44)32-21-24-40-42(28-32)48-41-18-10-9-17-39(41)47(40)29-12-4-3-5-13-29/h3-28H,1-2H3. The smallest absolute Gasteiger partial charge is 0.153 e. The minimum absolute atomic E-state index is 0.111. The first-order valence-corrected chi connectivity index (χ1v) is 17.6. The maximum Gasteiger partial charge on any atom is 0.153 e. The van der Waals surface area contributed by atoms with E-state index >= 15 is 0 Å². The van der Waals surface area contributed by atoms with Gasteiger partial charge in [-0.3, -0.25) is 0 Å². The average Bonchev–Trinajstić information content (AvgIpc) is 3.62. The highest BCUT2D eigenvalue weighted by Crippen LogP contribution is 2.54. The molecule has 2 aliphatic rings. The maximum absolute atomic E-state index is 6.69. The number of hydrogen-bond acceptors (Lipinski definition) is 4. The summed E-state index contributed by atoms with van der Waals surface area (Å²) in [5.74, 6) is 1.66. The summed E-state index contributed by atoms with van der Waals surface area (Å²) < 4.78 is 9.29. The van der Waals surface area contributed by atoms with Crippen molar-refractivity contribution in [3.8, 4) is 22.6 Å². The van der Waals surface area contributed by atoms with Crippen molar-refractivity contribution in [2.45, 2.75) is 19.3 Å². The van der Waals surface area contributed by atoms with Crippen LogP contribution >= 0.6 is 11.3 Å². The molecule has 10 rings (SSSR count). The molecule has 0 atom stereocenters. The van der Waals surface area contributed by atoms with Crippen LogP contribution in [-0.2, 0) is 5.41 Å². The van der Waals surface area contributed by atoms with E-state index in [0.717, 1.165) is 45.6 Å². The zero-order valence-electron chi connectivity index (χ0n) is 27.2. The Bertz CT molecular complexity index is 2580. The number of fused-ring (bicyclic) bond motifs is 8. The molecule has 49 heavy (non-hydrogen) atoms. The van der Waals surface area contributed by atoms with Crippen molar-refractivity contribution in [2.24, 2.45) is 0 Å². The van der Waals surface area contributed by atoms with Crippen LogP contribution in [-0.4, -0.2) is 0 Å². The highest BCUT2D eigenvalue weighted by molar-refractivity contribution is 7.25. The van der Waals surface area contributed by atoms with E-state index in [1.807, 2.05) is 17.4 Å². The zero-order chi connectivity index (χ0) is 32.7. The van der Waals surface area contributed by atoms with Crippen molar-refractivity contribution in [1.29, 1.82) is 0 Å². The lowest BCUT2D eigenvalue weighted by atomic mass is 9.82. The van der Waals surface area contributed by atoms with Crippen LogP contribution in [0.25, 0.3) is 31.3 Å². The summed E-state index contributed by atoms with van der Waals surface area (Å²) >= 11 is 1.85. The van der Waals surface area contributed by atoms with E-state index < -0.39 is 0 Å². The molecule has 8 aromatic rings. The van der Waals surface area contributed by atoms with E-state index in [9.17, 15) is 0 Å². The summed E-state index contributed by atoms with van der Waals surface area (Å²) in [6.07, 6.45) is 0. The third-order valence-electron chi connectivity index (χ3n) is 10.2. The fourth-order valence-corrected chi connectivity index (χ4v) is 8.96. The summed E-state index contributed by atoms with van der Waals surface area (Å²) in [6.45, 7) is 4.69. The first-order chi connectivity index (χ1) is 24.0. The molecule has 0 amide bonds. The van der Waals surface area contributed by atoms with Crippen molar-refractivity contribution < 1.29 is 4.74 Å². The van der Waals surface area contributed by atoms with Gasteiger partial charge in [0.2, 0.25) is 0 Å². The molecule has 0 N–H and O–H groups in total. The summed E-state index contributed by atoms with van der Waals surface area (Å²) in [5, 5.41) is 2.56. The van der Waals surface area contributed by atoms with Crippen LogP contribution in [0.3, 0.4) is 0 Å². The lowest BCUT2D eigenvalue weighted by Crippen LogP contribution is -2.18. The van der Waals surface area contributed by atoms with Gasteiger partial charge in [-0.1, -0.05) is 92.7 Å². The maximum atomic E-state index is 6.69. The molecular formula is C45H32N2OS. The van der Waals surface area contributed by atoms with Crippen molar-refractivity contribution in [1.82, 2.24) is 0 Å². The molecule has 1 aliphatic heterocycles. The van der Waals surface area contributed by atoms with Crippen LogP contribution in [0.1, 0.15) is 25.0 Å². The van der Waals surface area contributed by atoms with Gasteiger partial charge in [0.15, 0.2) is 11.5 Å². The molecule has 2 heterocycles. The SMILES string of the molecule is CC1(C)c2ccccc2-c2ccc(N(c3ccc4c(c3)Oc3ccccc3N4c3ccccc3)c3ccc4sc5ccccc5c4c3)cc21. The van der Waals surface area contributed by atoms with Gasteiger partial charge in [0.1, 0.15) is 0 Å². The number of benzene rings is 7. The van der Waals surface area contributed by atoms with E-state index in [4.69, 9.17) is 4.74 Å². The van der Waals surface area contributed by atoms with Crippen molar-refractivity contribution in [3.63, 3.8) is 0 Å². The van der Waals surface area contributed by atoms with Crippen LogP contribution in [0.15, 0.2) is 158 Å². The second-order valence-corrected chi connectivity index (χ2v) is 14.5. The quantitative estimate of drug-likeness (QED) is 0.189. The second kappa shape index (κ2) is 10.6. The third kappa shape index (κ3) is 4.27. The Morgan fingerprint density at radius 2 is 1.16 bits per heavy atom. The van der Waals surface area contributed by atoms with Gasteiger partial charge in [-0.15, -0.1) is 11.3 Å². The highest BCUT2D eigenvalue weighted by Gasteiger charge is 2.36. The summed E-state index contributed by atoms with van der Waals surface area (Å²) in [6, 6.07) is 56.9. The Hall–Kier alpha value is -5.84. The normalized spacial score (nSPS) is 13.8. The zero-order valence-corrected chi connectivity index (χ0v) is 28.0. The number of thiophene rings is 1. The van der Waals surface area contributed by atoms with Crippen LogP contribution in [0.5, 0.6) is 11.5 Å². The molecule has 7 aromatic carbocycles. The number of nitrogens with zero attached hydrogens (tertiary/aromatic N) is 2. The molecule has 0 saturated carbocycles. The third-order valence-corrected chi connectivity index (χ3v) is 11.4.